The fourth-order valence-electron chi connectivity index (χ4n) is 3.23. The van der Waals surface area contributed by atoms with Crippen molar-refractivity contribution in [2.75, 3.05) is 32.8 Å². The molecule has 2 aliphatic rings. The topological polar surface area (TPSA) is 78.1 Å². The SMILES string of the molecule is COc1ccc(OC)c(NC(=O)NC2(c3ccc4c(c3)OCCO4)CC2)c1. The number of methoxy groups -OCH3 is 2. The highest BCUT2D eigenvalue weighted by atomic mass is 16.6. The summed E-state index contributed by atoms with van der Waals surface area (Å²) in [5, 5.41) is 5.94. The van der Waals surface area contributed by atoms with Crippen molar-refractivity contribution in [2.24, 2.45) is 0 Å². The zero-order chi connectivity index (χ0) is 18.9. The molecule has 0 spiro atoms. The first kappa shape index (κ1) is 17.3. The second-order valence-electron chi connectivity index (χ2n) is 6.59. The van der Waals surface area contributed by atoms with Gasteiger partial charge in [-0.15, -0.1) is 0 Å². The molecule has 2 aromatic rings. The third kappa shape index (κ3) is 3.45. The lowest BCUT2D eigenvalue weighted by atomic mass is 10.0. The number of anilines is 1. The predicted octanol–water partition coefficient (Wildman–Crippen LogP) is 3.29. The number of rotatable bonds is 5. The number of nitrogens with one attached hydrogen (secondary N) is 2. The van der Waals surface area contributed by atoms with Gasteiger partial charge in [0.1, 0.15) is 24.7 Å². The van der Waals surface area contributed by atoms with E-state index in [4.69, 9.17) is 18.9 Å². The molecule has 27 heavy (non-hydrogen) atoms. The maximum atomic E-state index is 12.6. The van der Waals surface area contributed by atoms with E-state index in [0.717, 1.165) is 29.9 Å². The maximum Gasteiger partial charge on any atom is 0.320 e. The average molecular weight is 370 g/mol. The zero-order valence-electron chi connectivity index (χ0n) is 15.3. The first-order chi connectivity index (χ1) is 13.1. The molecule has 7 nitrogen and oxygen atoms in total. The standard InChI is InChI=1S/C20H22N2O5/c1-24-14-4-6-16(25-2)15(12-14)21-19(23)22-20(7-8-20)13-3-5-17-18(11-13)27-10-9-26-17/h3-6,11-12H,7-10H2,1-2H3,(H2,21,22,23). The molecule has 0 saturated heterocycles. The number of hydrogen-bond acceptors (Lipinski definition) is 5. The smallest absolute Gasteiger partial charge is 0.320 e. The number of urea groups is 1. The van der Waals surface area contributed by atoms with E-state index in [2.05, 4.69) is 10.6 Å². The number of amides is 2. The van der Waals surface area contributed by atoms with Crippen molar-refractivity contribution >= 4 is 11.7 Å². The Morgan fingerprint density at radius 3 is 2.48 bits per heavy atom. The van der Waals surface area contributed by atoms with Gasteiger partial charge in [-0.1, -0.05) is 6.07 Å². The fraction of sp³-hybridized carbons (Fsp3) is 0.350. The van der Waals surface area contributed by atoms with Crippen LogP contribution in [-0.2, 0) is 5.54 Å². The summed E-state index contributed by atoms with van der Waals surface area (Å²) in [6, 6.07) is 10.8. The Morgan fingerprint density at radius 1 is 1.00 bits per heavy atom. The molecule has 1 fully saturated rings. The van der Waals surface area contributed by atoms with Gasteiger partial charge in [-0.3, -0.25) is 0 Å². The molecule has 1 aliphatic carbocycles. The molecule has 0 unspecified atom stereocenters. The largest absolute Gasteiger partial charge is 0.497 e. The highest BCUT2D eigenvalue weighted by molar-refractivity contribution is 5.92. The van der Waals surface area contributed by atoms with Gasteiger partial charge in [0.2, 0.25) is 0 Å². The lowest BCUT2D eigenvalue weighted by Crippen LogP contribution is -2.38. The number of hydrogen-bond donors (Lipinski definition) is 2. The van der Waals surface area contributed by atoms with E-state index in [9.17, 15) is 4.79 Å². The first-order valence-corrected chi connectivity index (χ1v) is 8.85. The fourth-order valence-corrected chi connectivity index (χ4v) is 3.23. The van der Waals surface area contributed by atoms with Crippen molar-refractivity contribution in [3.63, 3.8) is 0 Å². The first-order valence-electron chi connectivity index (χ1n) is 8.85. The molecule has 2 aromatic carbocycles. The number of fused-ring (bicyclic) bond motifs is 1. The Bertz CT molecular complexity index is 863. The van der Waals surface area contributed by atoms with Crippen LogP contribution in [0.2, 0.25) is 0 Å². The van der Waals surface area contributed by atoms with Crippen molar-refractivity contribution in [1.82, 2.24) is 5.32 Å². The van der Waals surface area contributed by atoms with Gasteiger partial charge < -0.3 is 29.6 Å². The summed E-state index contributed by atoms with van der Waals surface area (Å²) >= 11 is 0. The Kier molecular flexibility index (Phi) is 4.43. The number of benzene rings is 2. The van der Waals surface area contributed by atoms with Crippen LogP contribution in [0.25, 0.3) is 0 Å². The third-order valence-corrected chi connectivity index (χ3v) is 4.85. The Hall–Kier alpha value is -3.09. The van der Waals surface area contributed by atoms with Crippen LogP contribution in [0.4, 0.5) is 10.5 Å². The summed E-state index contributed by atoms with van der Waals surface area (Å²) in [5.74, 6) is 2.67. The van der Waals surface area contributed by atoms with Crippen molar-refractivity contribution in [3.8, 4) is 23.0 Å². The van der Waals surface area contributed by atoms with Crippen molar-refractivity contribution < 1.29 is 23.7 Å². The molecule has 1 heterocycles. The van der Waals surface area contributed by atoms with Crippen molar-refractivity contribution in [3.05, 3.63) is 42.0 Å². The molecule has 2 amide bonds. The minimum Gasteiger partial charge on any atom is -0.497 e. The van der Waals surface area contributed by atoms with Gasteiger partial charge in [-0.05, 0) is 42.7 Å². The Labute approximate surface area is 157 Å². The van der Waals surface area contributed by atoms with Gasteiger partial charge in [0, 0.05) is 6.07 Å². The van der Waals surface area contributed by atoms with Crippen molar-refractivity contribution in [1.29, 1.82) is 0 Å². The molecule has 1 saturated carbocycles. The summed E-state index contributed by atoms with van der Waals surface area (Å²) in [4.78, 5) is 12.6. The highest BCUT2D eigenvalue weighted by Crippen LogP contribution is 2.48. The van der Waals surface area contributed by atoms with E-state index in [1.54, 1.807) is 32.4 Å². The molecule has 0 aromatic heterocycles. The molecule has 1 aliphatic heterocycles. The lowest BCUT2D eigenvalue weighted by molar-refractivity contribution is 0.171. The van der Waals surface area contributed by atoms with E-state index >= 15 is 0 Å². The van der Waals surface area contributed by atoms with Crippen LogP contribution in [0.15, 0.2) is 36.4 Å². The lowest BCUT2D eigenvalue weighted by Gasteiger charge is -2.23. The summed E-state index contributed by atoms with van der Waals surface area (Å²) in [7, 11) is 3.13. The van der Waals surface area contributed by atoms with Gasteiger partial charge in [-0.25, -0.2) is 4.79 Å². The van der Waals surface area contributed by atoms with Gasteiger partial charge in [0.25, 0.3) is 0 Å². The normalized spacial score (nSPS) is 16.2. The number of carbonyl (C=O) groups is 1. The molecule has 4 rings (SSSR count). The molecule has 0 radical (unpaired) electrons. The van der Waals surface area contributed by atoms with Gasteiger partial charge in [-0.2, -0.15) is 0 Å². The number of carbonyl (C=O) groups excluding carboxylic acids is 1. The number of ether oxygens (including phenoxy) is 4. The summed E-state index contributed by atoms with van der Waals surface area (Å²) in [5.41, 5.74) is 1.18. The van der Waals surface area contributed by atoms with Crippen LogP contribution in [-0.4, -0.2) is 33.5 Å². The maximum absolute atomic E-state index is 12.6. The van der Waals surface area contributed by atoms with E-state index in [0.29, 0.717) is 30.4 Å². The molecule has 142 valence electrons. The second-order valence-corrected chi connectivity index (χ2v) is 6.59. The molecule has 0 atom stereocenters. The minimum absolute atomic E-state index is 0.297. The molecule has 7 heteroatoms. The van der Waals surface area contributed by atoms with Gasteiger partial charge in [0.05, 0.1) is 25.4 Å². The Balaban J connectivity index is 1.50. The monoisotopic (exact) mass is 370 g/mol. The molecular formula is C20H22N2O5. The van der Waals surface area contributed by atoms with Crippen LogP contribution in [0.5, 0.6) is 23.0 Å². The third-order valence-electron chi connectivity index (χ3n) is 4.85. The van der Waals surface area contributed by atoms with E-state index in [1.165, 1.54) is 0 Å². The van der Waals surface area contributed by atoms with Crippen LogP contribution in [0.1, 0.15) is 18.4 Å². The summed E-state index contributed by atoms with van der Waals surface area (Å²) in [6.45, 7) is 1.09. The minimum atomic E-state index is -0.383. The van der Waals surface area contributed by atoms with Crippen LogP contribution >= 0.6 is 0 Å². The van der Waals surface area contributed by atoms with E-state index < -0.39 is 0 Å². The summed E-state index contributed by atoms with van der Waals surface area (Å²) < 4.78 is 21.8. The van der Waals surface area contributed by atoms with Gasteiger partial charge >= 0.3 is 6.03 Å². The van der Waals surface area contributed by atoms with E-state index in [1.807, 2.05) is 18.2 Å². The molecular weight excluding hydrogens is 348 g/mol. The second kappa shape index (κ2) is 6.90. The quantitative estimate of drug-likeness (QED) is 0.845. The Morgan fingerprint density at radius 2 is 1.78 bits per heavy atom. The van der Waals surface area contributed by atoms with Crippen LogP contribution < -0.4 is 29.6 Å². The van der Waals surface area contributed by atoms with Crippen LogP contribution in [0, 0.1) is 0 Å². The molecule has 0 bridgehead atoms. The average Bonchev–Trinajstić information content (AvgIpc) is 3.48. The highest BCUT2D eigenvalue weighted by Gasteiger charge is 2.46. The van der Waals surface area contributed by atoms with Crippen LogP contribution in [0.3, 0.4) is 0 Å². The molecule has 2 N–H and O–H groups in total. The predicted molar refractivity (Wildman–Crippen MR) is 100 cm³/mol. The van der Waals surface area contributed by atoms with E-state index in [-0.39, 0.29) is 11.6 Å². The zero-order valence-corrected chi connectivity index (χ0v) is 15.3. The van der Waals surface area contributed by atoms with Gasteiger partial charge in [0.15, 0.2) is 11.5 Å². The summed E-state index contributed by atoms with van der Waals surface area (Å²) in [6.07, 6.45) is 1.74. The van der Waals surface area contributed by atoms with Crippen molar-refractivity contribution in [2.45, 2.75) is 18.4 Å².